The van der Waals surface area contributed by atoms with Crippen LogP contribution in [0.5, 0.6) is 0 Å². The number of aliphatic hydroxyl groups is 1. The molecule has 0 spiro atoms. The Hall–Kier alpha value is -0.940. The Morgan fingerprint density at radius 2 is 1.65 bits per heavy atom. The van der Waals surface area contributed by atoms with Crippen LogP contribution >= 0.6 is 23.5 Å². The molecule has 3 rings (SSSR count). The summed E-state index contributed by atoms with van der Waals surface area (Å²) in [5.74, 6) is 0. The Bertz CT molecular complexity index is 570. The molecule has 2 nitrogen and oxygen atoms in total. The summed E-state index contributed by atoms with van der Waals surface area (Å²) >= 11 is 3.47. The lowest BCUT2D eigenvalue weighted by molar-refractivity contribution is 0.0719. The molecule has 0 saturated carbocycles. The van der Waals surface area contributed by atoms with Crippen LogP contribution in [0.25, 0.3) is 0 Å². The summed E-state index contributed by atoms with van der Waals surface area (Å²) in [7, 11) is 0. The molecule has 122 valence electrons. The van der Waals surface area contributed by atoms with Gasteiger partial charge in [0.15, 0.2) is 0 Å². The standard InChI is InChI=1S/C19H22O2S2/c20-18(15-9-3-1-4-10-15)19(22-16-11-5-2-6-12-16)23-17-13-7-8-14-21-17/h1-6,9-12,17-20H,7-8,13-14H2/t17-,18-,19-/m0/s1. The zero-order chi connectivity index (χ0) is 15.9. The molecular weight excluding hydrogens is 324 g/mol. The van der Waals surface area contributed by atoms with E-state index in [9.17, 15) is 5.11 Å². The van der Waals surface area contributed by atoms with Crippen molar-refractivity contribution in [3.8, 4) is 0 Å². The molecule has 0 amide bonds. The highest BCUT2D eigenvalue weighted by molar-refractivity contribution is 8.17. The highest BCUT2D eigenvalue weighted by atomic mass is 32.2. The SMILES string of the molecule is O[C@@H](c1ccccc1)[C@@H](Sc1ccccc1)S[C@H]1CCCCO1. The van der Waals surface area contributed by atoms with Gasteiger partial charge in [-0.2, -0.15) is 0 Å². The van der Waals surface area contributed by atoms with E-state index in [-0.39, 0.29) is 10.0 Å². The van der Waals surface area contributed by atoms with E-state index >= 15 is 0 Å². The van der Waals surface area contributed by atoms with Crippen LogP contribution in [0.1, 0.15) is 30.9 Å². The number of ether oxygens (including phenoxy) is 1. The van der Waals surface area contributed by atoms with Crippen LogP contribution in [0.3, 0.4) is 0 Å². The van der Waals surface area contributed by atoms with Gasteiger partial charge in [-0.15, -0.1) is 23.5 Å². The van der Waals surface area contributed by atoms with Gasteiger partial charge >= 0.3 is 0 Å². The fourth-order valence-electron chi connectivity index (χ4n) is 2.58. The number of hydrogen-bond donors (Lipinski definition) is 1. The van der Waals surface area contributed by atoms with Crippen molar-refractivity contribution >= 4 is 23.5 Å². The first-order valence-corrected chi connectivity index (χ1v) is 9.87. The quantitative estimate of drug-likeness (QED) is 0.582. The first kappa shape index (κ1) is 16.9. The molecule has 1 fully saturated rings. The van der Waals surface area contributed by atoms with Crippen LogP contribution in [0, 0.1) is 0 Å². The summed E-state index contributed by atoms with van der Waals surface area (Å²) in [5.41, 5.74) is 1.15. The highest BCUT2D eigenvalue weighted by Gasteiger charge is 2.27. The predicted molar refractivity (Wildman–Crippen MR) is 98.7 cm³/mol. The van der Waals surface area contributed by atoms with Crippen molar-refractivity contribution in [3.63, 3.8) is 0 Å². The van der Waals surface area contributed by atoms with Crippen molar-refractivity contribution in [1.82, 2.24) is 0 Å². The second-order valence-electron chi connectivity index (χ2n) is 5.59. The fraction of sp³-hybridized carbons (Fsp3) is 0.368. The molecule has 1 aliphatic rings. The molecule has 4 heteroatoms. The molecule has 1 heterocycles. The normalized spacial score (nSPS) is 20.8. The van der Waals surface area contributed by atoms with Gasteiger partial charge in [0.05, 0.1) is 4.58 Å². The van der Waals surface area contributed by atoms with Crippen molar-refractivity contribution in [3.05, 3.63) is 66.2 Å². The molecule has 0 bridgehead atoms. The summed E-state index contributed by atoms with van der Waals surface area (Å²) in [6.07, 6.45) is 2.91. The van der Waals surface area contributed by atoms with E-state index in [1.165, 1.54) is 11.3 Å². The minimum absolute atomic E-state index is 0.0166. The predicted octanol–water partition coefficient (Wildman–Crippen LogP) is 5.10. The lowest BCUT2D eigenvalue weighted by Crippen LogP contribution is -2.21. The molecule has 1 N–H and O–H groups in total. The first-order chi connectivity index (χ1) is 11.3. The Morgan fingerprint density at radius 3 is 2.30 bits per heavy atom. The lowest BCUT2D eigenvalue weighted by atomic mass is 10.1. The van der Waals surface area contributed by atoms with E-state index in [2.05, 4.69) is 12.1 Å². The van der Waals surface area contributed by atoms with E-state index in [4.69, 9.17) is 4.74 Å². The van der Waals surface area contributed by atoms with E-state index < -0.39 is 6.10 Å². The molecule has 3 atom stereocenters. The number of hydrogen-bond acceptors (Lipinski definition) is 4. The smallest absolute Gasteiger partial charge is 0.104 e. The second-order valence-corrected chi connectivity index (χ2v) is 8.41. The van der Waals surface area contributed by atoms with Gasteiger partial charge in [-0.1, -0.05) is 48.5 Å². The van der Waals surface area contributed by atoms with Crippen molar-refractivity contribution in [2.75, 3.05) is 6.61 Å². The van der Waals surface area contributed by atoms with Crippen molar-refractivity contribution in [1.29, 1.82) is 0 Å². The first-order valence-electron chi connectivity index (χ1n) is 8.05. The van der Waals surface area contributed by atoms with E-state index in [1.54, 1.807) is 23.5 Å². The van der Waals surface area contributed by atoms with Gasteiger partial charge in [-0.05, 0) is 37.0 Å². The third-order valence-electron chi connectivity index (χ3n) is 3.82. The van der Waals surface area contributed by atoms with Gasteiger partial charge in [0, 0.05) is 11.5 Å². The largest absolute Gasteiger partial charge is 0.386 e. The highest BCUT2D eigenvalue weighted by Crippen LogP contribution is 2.42. The molecule has 23 heavy (non-hydrogen) atoms. The number of benzene rings is 2. The summed E-state index contributed by atoms with van der Waals surface area (Å²) in [6.45, 7) is 0.835. The molecule has 0 radical (unpaired) electrons. The molecule has 2 aromatic carbocycles. The molecule has 2 aromatic rings. The second kappa shape index (κ2) is 8.78. The van der Waals surface area contributed by atoms with Crippen molar-refractivity contribution in [2.45, 2.75) is 40.3 Å². The van der Waals surface area contributed by atoms with E-state index in [0.717, 1.165) is 25.0 Å². The average molecular weight is 347 g/mol. The van der Waals surface area contributed by atoms with Gasteiger partial charge in [-0.3, -0.25) is 0 Å². The van der Waals surface area contributed by atoms with Gasteiger partial charge in [-0.25, -0.2) is 0 Å². The van der Waals surface area contributed by atoms with Crippen LogP contribution in [0.15, 0.2) is 65.6 Å². The zero-order valence-electron chi connectivity index (χ0n) is 13.0. The van der Waals surface area contributed by atoms with Gasteiger partial charge in [0.2, 0.25) is 0 Å². The van der Waals surface area contributed by atoms with E-state index in [1.807, 2.05) is 48.5 Å². The maximum absolute atomic E-state index is 10.9. The summed E-state index contributed by atoms with van der Waals surface area (Å²) in [6, 6.07) is 20.2. The van der Waals surface area contributed by atoms with Gasteiger partial charge in [0.25, 0.3) is 0 Å². The third-order valence-corrected chi connectivity index (χ3v) is 6.68. The molecule has 0 aliphatic carbocycles. The minimum atomic E-state index is -0.517. The zero-order valence-corrected chi connectivity index (χ0v) is 14.6. The number of aliphatic hydroxyl groups excluding tert-OH is 1. The average Bonchev–Trinajstić information content (AvgIpc) is 2.63. The molecule has 0 aromatic heterocycles. The van der Waals surface area contributed by atoms with Crippen LogP contribution in [0.4, 0.5) is 0 Å². The van der Waals surface area contributed by atoms with E-state index in [0.29, 0.717) is 0 Å². The Labute approximate surface area is 146 Å². The van der Waals surface area contributed by atoms with Crippen molar-refractivity contribution < 1.29 is 9.84 Å². The summed E-state index contributed by atoms with van der Waals surface area (Å²) in [4.78, 5) is 1.18. The van der Waals surface area contributed by atoms with Gasteiger partial charge < -0.3 is 9.84 Å². The number of rotatable bonds is 6. The maximum atomic E-state index is 10.9. The fourth-order valence-corrected chi connectivity index (χ4v) is 5.45. The minimum Gasteiger partial charge on any atom is -0.386 e. The van der Waals surface area contributed by atoms with Gasteiger partial charge in [0.1, 0.15) is 11.5 Å². The van der Waals surface area contributed by atoms with Crippen molar-refractivity contribution in [2.24, 2.45) is 0 Å². The molecular formula is C19H22O2S2. The lowest BCUT2D eigenvalue weighted by Gasteiger charge is -2.29. The Morgan fingerprint density at radius 1 is 0.957 bits per heavy atom. The monoisotopic (exact) mass is 346 g/mol. The molecule has 0 unspecified atom stereocenters. The topological polar surface area (TPSA) is 29.5 Å². The maximum Gasteiger partial charge on any atom is 0.104 e. The Balaban J connectivity index is 1.74. The molecule has 1 aliphatic heterocycles. The molecule has 1 saturated heterocycles. The van der Waals surface area contributed by atoms with Crippen LogP contribution in [-0.4, -0.2) is 21.7 Å². The third kappa shape index (κ3) is 5.01. The van der Waals surface area contributed by atoms with Crippen LogP contribution < -0.4 is 0 Å². The van der Waals surface area contributed by atoms with Crippen LogP contribution in [0.2, 0.25) is 0 Å². The number of thioether (sulfide) groups is 2. The summed E-state index contributed by atoms with van der Waals surface area (Å²) in [5, 5.41) is 10.9. The summed E-state index contributed by atoms with van der Waals surface area (Å²) < 4.78 is 5.89. The Kier molecular flexibility index (Phi) is 6.46. The van der Waals surface area contributed by atoms with Crippen LogP contribution in [-0.2, 0) is 4.74 Å².